The lowest BCUT2D eigenvalue weighted by atomic mass is 10.0. The van der Waals surface area contributed by atoms with Gasteiger partial charge in [-0.25, -0.2) is 0 Å². The van der Waals surface area contributed by atoms with E-state index in [-0.39, 0.29) is 31.1 Å². The molecule has 0 bridgehead atoms. The van der Waals surface area contributed by atoms with Crippen molar-refractivity contribution in [1.82, 2.24) is 0 Å². The van der Waals surface area contributed by atoms with Gasteiger partial charge in [0.15, 0.2) is 6.10 Å². The fourth-order valence-corrected chi connectivity index (χ4v) is 10.3. The maximum absolute atomic E-state index is 12.9. The molecule has 0 fully saturated rings. The molecular formula is C67H128O6. The summed E-state index contributed by atoms with van der Waals surface area (Å²) in [4.78, 5) is 38.2. The quantitative estimate of drug-likeness (QED) is 0.0261. The van der Waals surface area contributed by atoms with Crippen LogP contribution in [0.3, 0.4) is 0 Å². The second-order valence-corrected chi connectivity index (χ2v) is 22.7. The van der Waals surface area contributed by atoms with Gasteiger partial charge in [0.25, 0.3) is 0 Å². The van der Waals surface area contributed by atoms with Crippen LogP contribution >= 0.6 is 0 Å². The molecule has 0 aliphatic rings. The highest BCUT2D eigenvalue weighted by Gasteiger charge is 2.19. The van der Waals surface area contributed by atoms with Crippen LogP contribution in [0.5, 0.6) is 0 Å². The summed E-state index contributed by atoms with van der Waals surface area (Å²) in [6.45, 7) is 6.67. The summed E-state index contributed by atoms with van der Waals surface area (Å²) in [6.07, 6.45) is 73.8. The fourth-order valence-electron chi connectivity index (χ4n) is 10.3. The molecule has 0 aromatic carbocycles. The van der Waals surface area contributed by atoms with Crippen molar-refractivity contribution >= 4 is 17.9 Å². The topological polar surface area (TPSA) is 78.9 Å². The summed E-state index contributed by atoms with van der Waals surface area (Å²) in [5, 5.41) is 0. The van der Waals surface area contributed by atoms with Crippen molar-refractivity contribution < 1.29 is 28.6 Å². The standard InChI is InChI=1S/C67H128O6/c1-4-7-10-13-16-19-22-24-26-28-30-31-32-33-34-35-36-37-39-40-42-45-48-51-54-57-60-66(69)72-63-64(62-71-65(68)59-56-53-50-47-44-21-18-15-12-9-6-3)73-67(70)61-58-55-52-49-46-43-41-38-29-27-25-23-20-17-14-11-8-5-2/h15,18,64H,4-14,16-17,19-63H2,1-3H3/b18-15-. The van der Waals surface area contributed by atoms with Crippen LogP contribution in [0, 0.1) is 0 Å². The molecule has 0 rings (SSSR count). The Kier molecular flexibility index (Phi) is 61.1. The molecule has 0 aliphatic heterocycles. The van der Waals surface area contributed by atoms with Gasteiger partial charge in [-0.1, -0.05) is 335 Å². The van der Waals surface area contributed by atoms with Crippen molar-refractivity contribution in [2.24, 2.45) is 0 Å². The van der Waals surface area contributed by atoms with Gasteiger partial charge in [-0.3, -0.25) is 14.4 Å². The number of hydrogen-bond acceptors (Lipinski definition) is 6. The zero-order valence-electron chi connectivity index (χ0n) is 49.7. The van der Waals surface area contributed by atoms with Crippen LogP contribution in [-0.4, -0.2) is 37.2 Å². The number of carbonyl (C=O) groups excluding carboxylic acids is 3. The molecule has 1 unspecified atom stereocenters. The molecule has 0 aromatic rings. The van der Waals surface area contributed by atoms with Gasteiger partial charge in [0.2, 0.25) is 0 Å². The van der Waals surface area contributed by atoms with E-state index in [4.69, 9.17) is 14.2 Å². The minimum Gasteiger partial charge on any atom is -0.462 e. The summed E-state index contributed by atoms with van der Waals surface area (Å²) in [5.74, 6) is -0.846. The Morgan fingerprint density at radius 3 is 0.726 bits per heavy atom. The van der Waals surface area contributed by atoms with Crippen LogP contribution in [0.15, 0.2) is 12.2 Å². The Balaban J connectivity index is 4.15. The first kappa shape index (κ1) is 71.2. The normalized spacial score (nSPS) is 12.0. The van der Waals surface area contributed by atoms with Crippen molar-refractivity contribution in [1.29, 1.82) is 0 Å². The van der Waals surface area contributed by atoms with Crippen LogP contribution in [0.4, 0.5) is 0 Å². The lowest BCUT2D eigenvalue weighted by Gasteiger charge is -2.18. The van der Waals surface area contributed by atoms with E-state index in [0.29, 0.717) is 19.3 Å². The molecule has 6 nitrogen and oxygen atoms in total. The Labute approximate surface area is 456 Å². The van der Waals surface area contributed by atoms with Gasteiger partial charge in [0.1, 0.15) is 13.2 Å². The summed E-state index contributed by atoms with van der Waals surface area (Å²) < 4.78 is 16.9. The van der Waals surface area contributed by atoms with Gasteiger partial charge in [-0.2, -0.15) is 0 Å². The van der Waals surface area contributed by atoms with Gasteiger partial charge in [0.05, 0.1) is 0 Å². The summed E-state index contributed by atoms with van der Waals surface area (Å²) in [7, 11) is 0. The van der Waals surface area contributed by atoms with Crippen LogP contribution in [0.2, 0.25) is 0 Å². The third-order valence-electron chi connectivity index (χ3n) is 15.3. The molecule has 1 atom stereocenters. The van der Waals surface area contributed by atoms with Crippen molar-refractivity contribution in [2.45, 2.75) is 386 Å². The van der Waals surface area contributed by atoms with Crippen LogP contribution in [-0.2, 0) is 28.6 Å². The third kappa shape index (κ3) is 60.9. The molecule has 0 saturated carbocycles. The summed E-state index contributed by atoms with van der Waals surface area (Å²) in [5.41, 5.74) is 0. The van der Waals surface area contributed by atoms with Gasteiger partial charge >= 0.3 is 17.9 Å². The van der Waals surface area contributed by atoms with Crippen LogP contribution in [0.25, 0.3) is 0 Å². The average Bonchev–Trinajstić information content (AvgIpc) is 3.39. The molecule has 6 heteroatoms. The number of rotatable bonds is 62. The molecule has 0 N–H and O–H groups in total. The Morgan fingerprint density at radius 2 is 0.466 bits per heavy atom. The Morgan fingerprint density at radius 1 is 0.260 bits per heavy atom. The highest BCUT2D eigenvalue weighted by molar-refractivity contribution is 5.71. The Hall–Kier alpha value is -1.85. The van der Waals surface area contributed by atoms with Crippen LogP contribution in [0.1, 0.15) is 380 Å². The van der Waals surface area contributed by atoms with E-state index in [1.165, 1.54) is 276 Å². The van der Waals surface area contributed by atoms with E-state index in [9.17, 15) is 14.4 Å². The predicted molar refractivity (Wildman–Crippen MR) is 317 cm³/mol. The first-order valence-electron chi connectivity index (χ1n) is 33.2. The number of unbranched alkanes of at least 4 members (excludes halogenated alkanes) is 49. The summed E-state index contributed by atoms with van der Waals surface area (Å²) >= 11 is 0. The lowest BCUT2D eigenvalue weighted by molar-refractivity contribution is -0.167. The number of ether oxygens (including phenoxy) is 3. The largest absolute Gasteiger partial charge is 0.462 e. The molecule has 0 heterocycles. The highest BCUT2D eigenvalue weighted by Crippen LogP contribution is 2.19. The lowest BCUT2D eigenvalue weighted by Crippen LogP contribution is -2.30. The molecule has 0 amide bonds. The van der Waals surface area contributed by atoms with Gasteiger partial charge in [-0.15, -0.1) is 0 Å². The molecule has 0 radical (unpaired) electrons. The fraction of sp³-hybridized carbons (Fsp3) is 0.925. The highest BCUT2D eigenvalue weighted by atomic mass is 16.6. The maximum Gasteiger partial charge on any atom is 0.306 e. The van der Waals surface area contributed by atoms with E-state index in [1.54, 1.807) is 0 Å². The average molecular weight is 1030 g/mol. The number of allylic oxidation sites excluding steroid dienone is 2. The van der Waals surface area contributed by atoms with Gasteiger partial charge < -0.3 is 14.2 Å². The molecule has 0 aliphatic carbocycles. The van der Waals surface area contributed by atoms with Crippen molar-refractivity contribution in [2.75, 3.05) is 13.2 Å². The molecule has 73 heavy (non-hydrogen) atoms. The second-order valence-electron chi connectivity index (χ2n) is 22.7. The number of esters is 3. The monoisotopic (exact) mass is 1030 g/mol. The zero-order chi connectivity index (χ0) is 52.9. The minimum atomic E-state index is -0.768. The van der Waals surface area contributed by atoms with E-state index in [2.05, 4.69) is 32.9 Å². The molecule has 0 spiro atoms. The summed E-state index contributed by atoms with van der Waals surface area (Å²) in [6, 6.07) is 0. The molecule has 0 aromatic heterocycles. The van der Waals surface area contributed by atoms with Crippen molar-refractivity contribution in [3.8, 4) is 0 Å². The molecule has 0 saturated heterocycles. The van der Waals surface area contributed by atoms with E-state index < -0.39 is 6.10 Å². The van der Waals surface area contributed by atoms with Crippen LogP contribution < -0.4 is 0 Å². The number of hydrogen-bond donors (Lipinski definition) is 0. The van der Waals surface area contributed by atoms with Gasteiger partial charge in [0, 0.05) is 19.3 Å². The predicted octanol–water partition coefficient (Wildman–Crippen LogP) is 22.4. The third-order valence-corrected chi connectivity index (χ3v) is 15.3. The van der Waals surface area contributed by atoms with Crippen molar-refractivity contribution in [3.63, 3.8) is 0 Å². The van der Waals surface area contributed by atoms with E-state index >= 15 is 0 Å². The number of carbonyl (C=O) groups is 3. The first-order valence-corrected chi connectivity index (χ1v) is 33.2. The SMILES string of the molecule is CCCC/C=C\CCCCCCCC(=O)OCC(COC(=O)CCCCCCCCCCCCCCCCCCCCCCCCCCCC)OC(=O)CCCCCCCCCCCCCCCCCCCC. The molecule has 432 valence electrons. The Bertz CT molecular complexity index is 1130. The molecular weight excluding hydrogens is 901 g/mol. The van der Waals surface area contributed by atoms with E-state index in [1.807, 2.05) is 0 Å². The van der Waals surface area contributed by atoms with E-state index in [0.717, 1.165) is 64.2 Å². The zero-order valence-corrected chi connectivity index (χ0v) is 49.7. The second kappa shape index (κ2) is 62.7. The smallest absolute Gasteiger partial charge is 0.306 e. The minimum absolute atomic E-state index is 0.0661. The van der Waals surface area contributed by atoms with Gasteiger partial charge in [-0.05, 0) is 38.5 Å². The first-order chi connectivity index (χ1) is 36.0. The van der Waals surface area contributed by atoms with Crippen molar-refractivity contribution in [3.05, 3.63) is 12.2 Å². The maximum atomic E-state index is 12.9.